The number of nitrogens with zero attached hydrogens (tertiary/aromatic N) is 2. The molecular formula is C12H13N3O3. The number of hydrogen-bond acceptors (Lipinski definition) is 4. The molecule has 0 aromatic carbocycles. The normalized spacial score (nSPS) is 10.5. The van der Waals surface area contributed by atoms with Crippen molar-refractivity contribution in [3.05, 3.63) is 29.6 Å². The number of pyridine rings is 1. The molecule has 6 nitrogen and oxygen atoms in total. The lowest BCUT2D eigenvalue weighted by Crippen LogP contribution is -2.45. The fourth-order valence-corrected chi connectivity index (χ4v) is 1.39. The molecule has 0 aliphatic heterocycles. The fourth-order valence-electron chi connectivity index (χ4n) is 1.39. The minimum absolute atomic E-state index is 0.146. The van der Waals surface area contributed by atoms with Gasteiger partial charge in [0.2, 0.25) is 0 Å². The minimum Gasteiger partial charge on any atom is -0.481 e. The SMILES string of the molecule is CC(C)(CC(=O)O)NC(=O)c1ccc(C#N)cn1. The zero-order valence-electron chi connectivity index (χ0n) is 10.1. The number of nitriles is 1. The molecule has 0 fully saturated rings. The molecule has 1 amide bonds. The van der Waals surface area contributed by atoms with Crippen LogP contribution < -0.4 is 5.32 Å². The Balaban J connectivity index is 2.76. The summed E-state index contributed by atoms with van der Waals surface area (Å²) in [4.78, 5) is 26.2. The predicted molar refractivity (Wildman–Crippen MR) is 62.8 cm³/mol. The Hall–Kier alpha value is -2.42. The van der Waals surface area contributed by atoms with E-state index in [0.29, 0.717) is 5.56 Å². The Kier molecular flexibility index (Phi) is 4.00. The van der Waals surface area contributed by atoms with Crippen LogP contribution in [-0.4, -0.2) is 27.5 Å². The van der Waals surface area contributed by atoms with E-state index in [2.05, 4.69) is 10.3 Å². The van der Waals surface area contributed by atoms with E-state index in [1.807, 2.05) is 6.07 Å². The highest BCUT2D eigenvalue weighted by Crippen LogP contribution is 2.09. The van der Waals surface area contributed by atoms with E-state index in [1.165, 1.54) is 18.3 Å². The lowest BCUT2D eigenvalue weighted by molar-refractivity contribution is -0.138. The number of aliphatic carboxylic acids is 1. The van der Waals surface area contributed by atoms with Gasteiger partial charge in [0.25, 0.3) is 5.91 Å². The molecular weight excluding hydrogens is 234 g/mol. The number of rotatable bonds is 4. The van der Waals surface area contributed by atoms with E-state index in [1.54, 1.807) is 13.8 Å². The molecule has 0 saturated carbocycles. The molecule has 1 rings (SSSR count). The number of nitrogens with one attached hydrogen (secondary N) is 1. The topological polar surface area (TPSA) is 103 Å². The maximum absolute atomic E-state index is 11.8. The lowest BCUT2D eigenvalue weighted by atomic mass is 10.0. The molecule has 18 heavy (non-hydrogen) atoms. The maximum Gasteiger partial charge on any atom is 0.305 e. The molecule has 1 aromatic heterocycles. The maximum atomic E-state index is 11.8. The standard InChI is InChI=1S/C12H13N3O3/c1-12(2,5-10(16)17)15-11(18)9-4-3-8(6-13)7-14-9/h3-4,7H,5H2,1-2H3,(H,15,18)(H,16,17). The van der Waals surface area contributed by atoms with Gasteiger partial charge in [-0.15, -0.1) is 0 Å². The first-order valence-electron chi connectivity index (χ1n) is 5.24. The van der Waals surface area contributed by atoms with Crippen LogP contribution in [0.15, 0.2) is 18.3 Å². The van der Waals surface area contributed by atoms with E-state index in [-0.39, 0.29) is 12.1 Å². The van der Waals surface area contributed by atoms with E-state index in [4.69, 9.17) is 10.4 Å². The zero-order valence-corrected chi connectivity index (χ0v) is 10.1. The first-order valence-corrected chi connectivity index (χ1v) is 5.24. The van der Waals surface area contributed by atoms with Crippen LogP contribution in [0.4, 0.5) is 0 Å². The van der Waals surface area contributed by atoms with Crippen LogP contribution in [0.25, 0.3) is 0 Å². The molecule has 2 N–H and O–H groups in total. The van der Waals surface area contributed by atoms with Crippen LogP contribution >= 0.6 is 0 Å². The molecule has 94 valence electrons. The van der Waals surface area contributed by atoms with E-state index >= 15 is 0 Å². The van der Waals surface area contributed by atoms with Crippen molar-refractivity contribution in [2.75, 3.05) is 0 Å². The minimum atomic E-state index is -0.993. The average Bonchev–Trinajstić information content (AvgIpc) is 2.26. The first kappa shape index (κ1) is 13.6. The van der Waals surface area contributed by atoms with Gasteiger partial charge in [-0.1, -0.05) is 0 Å². The van der Waals surface area contributed by atoms with E-state index in [9.17, 15) is 9.59 Å². The number of hydrogen-bond donors (Lipinski definition) is 2. The molecule has 0 spiro atoms. The lowest BCUT2D eigenvalue weighted by Gasteiger charge is -2.23. The number of aromatic nitrogens is 1. The van der Waals surface area contributed by atoms with Crippen molar-refractivity contribution >= 4 is 11.9 Å². The van der Waals surface area contributed by atoms with Gasteiger partial charge in [0.05, 0.1) is 12.0 Å². The highest BCUT2D eigenvalue weighted by molar-refractivity contribution is 5.93. The molecule has 1 aromatic rings. The smallest absolute Gasteiger partial charge is 0.305 e. The third-order valence-electron chi connectivity index (χ3n) is 2.17. The van der Waals surface area contributed by atoms with Gasteiger partial charge in [-0.25, -0.2) is 4.98 Å². The molecule has 0 bridgehead atoms. The van der Waals surface area contributed by atoms with Crippen LogP contribution in [0, 0.1) is 11.3 Å². The van der Waals surface area contributed by atoms with Gasteiger partial charge in [-0.05, 0) is 26.0 Å². The Morgan fingerprint density at radius 3 is 2.61 bits per heavy atom. The van der Waals surface area contributed by atoms with Crippen molar-refractivity contribution in [2.24, 2.45) is 0 Å². The van der Waals surface area contributed by atoms with Crippen molar-refractivity contribution in [1.29, 1.82) is 5.26 Å². The van der Waals surface area contributed by atoms with Gasteiger partial charge >= 0.3 is 5.97 Å². The van der Waals surface area contributed by atoms with Gasteiger partial charge in [0, 0.05) is 11.7 Å². The number of carboxylic acids is 1. The van der Waals surface area contributed by atoms with Gasteiger partial charge in [-0.3, -0.25) is 9.59 Å². The Morgan fingerprint density at radius 2 is 2.17 bits per heavy atom. The molecule has 0 atom stereocenters. The summed E-state index contributed by atoms with van der Waals surface area (Å²) in [6.07, 6.45) is 1.11. The van der Waals surface area contributed by atoms with Crippen molar-refractivity contribution in [1.82, 2.24) is 10.3 Å². The zero-order chi connectivity index (χ0) is 13.8. The third-order valence-corrected chi connectivity index (χ3v) is 2.17. The summed E-state index contributed by atoms with van der Waals surface area (Å²) in [6.45, 7) is 3.23. The number of carboxylic acid groups (broad SMARTS) is 1. The van der Waals surface area contributed by atoms with Crippen molar-refractivity contribution in [2.45, 2.75) is 25.8 Å². The van der Waals surface area contributed by atoms with Crippen LogP contribution in [0.1, 0.15) is 36.3 Å². The summed E-state index contributed by atoms with van der Waals surface area (Å²) in [6, 6.07) is 4.80. The van der Waals surface area contributed by atoms with Gasteiger partial charge in [0.15, 0.2) is 0 Å². The average molecular weight is 247 g/mol. The van der Waals surface area contributed by atoms with Crippen molar-refractivity contribution in [3.8, 4) is 6.07 Å². The summed E-state index contributed by atoms with van der Waals surface area (Å²) in [5.41, 5.74) is -0.359. The molecule has 1 heterocycles. The number of carbonyl (C=O) groups is 2. The van der Waals surface area contributed by atoms with Crippen molar-refractivity contribution < 1.29 is 14.7 Å². The molecule has 0 unspecified atom stereocenters. The molecule has 6 heteroatoms. The van der Waals surface area contributed by atoms with Crippen LogP contribution in [0.5, 0.6) is 0 Å². The second kappa shape index (κ2) is 5.27. The number of amides is 1. The van der Waals surface area contributed by atoms with Gasteiger partial charge < -0.3 is 10.4 Å². The van der Waals surface area contributed by atoms with Crippen LogP contribution in [-0.2, 0) is 4.79 Å². The Labute approximate surface area is 104 Å². The van der Waals surface area contributed by atoms with E-state index < -0.39 is 17.4 Å². The van der Waals surface area contributed by atoms with Gasteiger partial charge in [-0.2, -0.15) is 5.26 Å². The quantitative estimate of drug-likeness (QED) is 0.824. The fraction of sp³-hybridized carbons (Fsp3) is 0.333. The molecule has 0 radical (unpaired) electrons. The number of carbonyl (C=O) groups excluding carboxylic acids is 1. The summed E-state index contributed by atoms with van der Waals surface area (Å²) in [5, 5.41) is 19.9. The van der Waals surface area contributed by atoms with Crippen molar-refractivity contribution in [3.63, 3.8) is 0 Å². The van der Waals surface area contributed by atoms with Crippen LogP contribution in [0.3, 0.4) is 0 Å². The highest BCUT2D eigenvalue weighted by atomic mass is 16.4. The second-order valence-corrected chi connectivity index (χ2v) is 4.45. The van der Waals surface area contributed by atoms with Gasteiger partial charge in [0.1, 0.15) is 11.8 Å². The summed E-state index contributed by atoms with van der Waals surface area (Å²) in [5.74, 6) is -1.46. The summed E-state index contributed by atoms with van der Waals surface area (Å²) >= 11 is 0. The largest absolute Gasteiger partial charge is 0.481 e. The van der Waals surface area contributed by atoms with Crippen LogP contribution in [0.2, 0.25) is 0 Å². The second-order valence-electron chi connectivity index (χ2n) is 4.45. The third kappa shape index (κ3) is 3.87. The Morgan fingerprint density at radius 1 is 1.50 bits per heavy atom. The summed E-state index contributed by atoms with van der Waals surface area (Å²) in [7, 11) is 0. The molecule has 0 saturated heterocycles. The highest BCUT2D eigenvalue weighted by Gasteiger charge is 2.24. The predicted octanol–water partition coefficient (Wildman–Crippen LogP) is 0.936. The van der Waals surface area contributed by atoms with E-state index in [0.717, 1.165) is 0 Å². The molecule has 0 aliphatic carbocycles. The first-order chi connectivity index (χ1) is 8.34. The Bertz CT molecular complexity index is 500. The molecule has 0 aliphatic rings. The summed E-state index contributed by atoms with van der Waals surface area (Å²) < 4.78 is 0. The monoisotopic (exact) mass is 247 g/mol.